The molecule has 6 nitrogen and oxygen atoms in total. The summed E-state index contributed by atoms with van der Waals surface area (Å²) in [5.74, 6) is -1.49. The number of nitrogens with one attached hydrogen (secondary N) is 1. The van der Waals surface area contributed by atoms with E-state index in [0.29, 0.717) is 10.6 Å². The molecule has 0 fully saturated rings. The number of aryl methyl sites for hydroxylation is 1. The number of hydrogen-bond acceptors (Lipinski definition) is 4. The first-order valence-corrected chi connectivity index (χ1v) is 6.77. The monoisotopic (exact) mass is 293 g/mol. The molecule has 1 aromatic rings. The molecule has 1 rings (SSSR count). The standard InChI is InChI=1S/C10H12ClNO5S/c1-6-4-7(11)2-3-9(6)18(16,17)12-5-8(13)10(14)15/h2-4,8,12-13H,5H2,1H3,(H,14,15)/t8-/m0/s1. The normalized spacial score (nSPS) is 13.3. The molecule has 0 aliphatic rings. The van der Waals surface area contributed by atoms with Gasteiger partial charge < -0.3 is 10.2 Å². The number of aliphatic carboxylic acids is 1. The number of aliphatic hydroxyl groups excluding tert-OH is 1. The molecule has 0 aliphatic carbocycles. The topological polar surface area (TPSA) is 104 Å². The van der Waals surface area contributed by atoms with Crippen molar-refractivity contribution in [2.45, 2.75) is 17.9 Å². The van der Waals surface area contributed by atoms with Crippen LogP contribution in [0.1, 0.15) is 5.56 Å². The van der Waals surface area contributed by atoms with E-state index in [0.717, 1.165) is 0 Å². The molecule has 0 unspecified atom stereocenters. The third kappa shape index (κ3) is 3.67. The van der Waals surface area contributed by atoms with Crippen LogP contribution in [0.4, 0.5) is 0 Å². The Hall–Kier alpha value is -1.15. The molecule has 0 heterocycles. The van der Waals surface area contributed by atoms with E-state index in [-0.39, 0.29) is 4.90 Å². The van der Waals surface area contributed by atoms with Gasteiger partial charge in [0.05, 0.1) is 4.90 Å². The summed E-state index contributed by atoms with van der Waals surface area (Å²) in [5, 5.41) is 17.8. The van der Waals surface area contributed by atoms with E-state index in [2.05, 4.69) is 0 Å². The van der Waals surface area contributed by atoms with E-state index in [1.165, 1.54) is 18.2 Å². The Labute approximate surface area is 109 Å². The van der Waals surface area contributed by atoms with Gasteiger partial charge in [-0.1, -0.05) is 11.6 Å². The minimum Gasteiger partial charge on any atom is -0.479 e. The second kappa shape index (κ2) is 5.66. The Morgan fingerprint density at radius 3 is 2.61 bits per heavy atom. The highest BCUT2D eigenvalue weighted by molar-refractivity contribution is 7.89. The van der Waals surface area contributed by atoms with Crippen LogP contribution >= 0.6 is 11.6 Å². The second-order valence-corrected chi connectivity index (χ2v) is 5.79. The average molecular weight is 294 g/mol. The van der Waals surface area contributed by atoms with Crippen molar-refractivity contribution in [3.8, 4) is 0 Å². The van der Waals surface area contributed by atoms with Gasteiger partial charge in [0.2, 0.25) is 10.0 Å². The van der Waals surface area contributed by atoms with Gasteiger partial charge >= 0.3 is 5.97 Å². The first-order chi connectivity index (χ1) is 8.24. The van der Waals surface area contributed by atoms with Crippen LogP contribution in [0.25, 0.3) is 0 Å². The fourth-order valence-corrected chi connectivity index (χ4v) is 2.76. The van der Waals surface area contributed by atoms with E-state index >= 15 is 0 Å². The van der Waals surface area contributed by atoms with Gasteiger partial charge in [0.1, 0.15) is 0 Å². The molecule has 0 amide bonds. The van der Waals surface area contributed by atoms with Crippen molar-refractivity contribution < 1.29 is 23.4 Å². The molecule has 0 bridgehead atoms. The van der Waals surface area contributed by atoms with Crippen LogP contribution in [0, 0.1) is 6.92 Å². The van der Waals surface area contributed by atoms with E-state index in [1.807, 2.05) is 4.72 Å². The van der Waals surface area contributed by atoms with Gasteiger partial charge in [0, 0.05) is 11.6 Å². The second-order valence-electron chi connectivity index (χ2n) is 3.62. The van der Waals surface area contributed by atoms with Gasteiger partial charge in [-0.2, -0.15) is 0 Å². The zero-order valence-electron chi connectivity index (χ0n) is 9.42. The maximum absolute atomic E-state index is 11.8. The number of hydrogen-bond donors (Lipinski definition) is 3. The van der Waals surface area contributed by atoms with Gasteiger partial charge in [-0.05, 0) is 30.7 Å². The summed E-state index contributed by atoms with van der Waals surface area (Å²) in [4.78, 5) is 10.4. The summed E-state index contributed by atoms with van der Waals surface area (Å²) in [7, 11) is -3.87. The van der Waals surface area contributed by atoms with E-state index in [4.69, 9.17) is 21.8 Å². The molecule has 0 saturated heterocycles. The lowest BCUT2D eigenvalue weighted by atomic mass is 10.2. The van der Waals surface area contributed by atoms with Crippen molar-refractivity contribution >= 4 is 27.6 Å². The fourth-order valence-electron chi connectivity index (χ4n) is 1.27. The number of sulfonamides is 1. The molecule has 3 N–H and O–H groups in total. The number of carboxylic acids is 1. The van der Waals surface area contributed by atoms with E-state index in [1.54, 1.807) is 6.92 Å². The minimum atomic E-state index is -3.87. The zero-order chi connectivity index (χ0) is 13.9. The SMILES string of the molecule is Cc1cc(Cl)ccc1S(=O)(=O)NC[C@H](O)C(=O)O. The lowest BCUT2D eigenvalue weighted by molar-refractivity contribution is -0.146. The molecule has 1 aromatic carbocycles. The molecule has 18 heavy (non-hydrogen) atoms. The van der Waals surface area contributed by atoms with Crippen LogP contribution in [0.15, 0.2) is 23.1 Å². The Balaban J connectivity index is 2.90. The molecule has 0 radical (unpaired) electrons. The quantitative estimate of drug-likeness (QED) is 0.728. The Bertz CT molecular complexity index is 557. The average Bonchev–Trinajstić information content (AvgIpc) is 2.25. The van der Waals surface area contributed by atoms with Gasteiger partial charge in [-0.3, -0.25) is 0 Å². The number of aliphatic hydroxyl groups is 1. The molecule has 0 aliphatic heterocycles. The number of carboxylic acid groups (broad SMARTS) is 1. The van der Waals surface area contributed by atoms with E-state index in [9.17, 15) is 13.2 Å². The summed E-state index contributed by atoms with van der Waals surface area (Å²) in [6.45, 7) is 0.966. The summed E-state index contributed by atoms with van der Waals surface area (Å²) >= 11 is 5.70. The molecule has 8 heteroatoms. The van der Waals surface area contributed by atoms with Crippen molar-refractivity contribution in [1.29, 1.82) is 0 Å². The molecule has 0 saturated carbocycles. The number of carbonyl (C=O) groups is 1. The highest BCUT2D eigenvalue weighted by Crippen LogP contribution is 2.19. The summed E-state index contributed by atoms with van der Waals surface area (Å²) < 4.78 is 25.7. The minimum absolute atomic E-state index is 0.00973. The Morgan fingerprint density at radius 2 is 2.11 bits per heavy atom. The lowest BCUT2D eigenvalue weighted by Gasteiger charge is -2.10. The maximum Gasteiger partial charge on any atom is 0.333 e. The Kier molecular flexibility index (Phi) is 4.69. The number of halogens is 1. The third-order valence-electron chi connectivity index (χ3n) is 2.18. The largest absolute Gasteiger partial charge is 0.479 e. The lowest BCUT2D eigenvalue weighted by Crippen LogP contribution is -2.36. The van der Waals surface area contributed by atoms with Gasteiger partial charge in [-0.15, -0.1) is 0 Å². The van der Waals surface area contributed by atoms with Gasteiger partial charge in [0.25, 0.3) is 0 Å². The van der Waals surface area contributed by atoms with Crippen molar-refractivity contribution in [3.63, 3.8) is 0 Å². The number of rotatable bonds is 5. The molecule has 0 aromatic heterocycles. The van der Waals surface area contributed by atoms with Crippen LogP contribution in [-0.4, -0.2) is 37.2 Å². The Morgan fingerprint density at radius 1 is 1.50 bits per heavy atom. The number of benzene rings is 1. The van der Waals surface area contributed by atoms with Crippen molar-refractivity contribution in [3.05, 3.63) is 28.8 Å². The fraction of sp³-hybridized carbons (Fsp3) is 0.300. The predicted octanol–water partition coefficient (Wildman–Crippen LogP) is 0.372. The molecule has 1 atom stereocenters. The van der Waals surface area contributed by atoms with Crippen LogP contribution in [0.3, 0.4) is 0 Å². The maximum atomic E-state index is 11.8. The van der Waals surface area contributed by atoms with Gasteiger partial charge in [0.15, 0.2) is 6.10 Å². The van der Waals surface area contributed by atoms with Crippen LogP contribution in [-0.2, 0) is 14.8 Å². The van der Waals surface area contributed by atoms with Crippen molar-refractivity contribution in [2.24, 2.45) is 0 Å². The summed E-state index contributed by atoms with van der Waals surface area (Å²) in [6, 6.07) is 4.20. The van der Waals surface area contributed by atoms with Crippen molar-refractivity contribution in [2.75, 3.05) is 6.54 Å². The summed E-state index contributed by atoms with van der Waals surface area (Å²) in [5.41, 5.74) is 0.430. The molecule has 100 valence electrons. The highest BCUT2D eigenvalue weighted by Gasteiger charge is 2.20. The third-order valence-corrected chi connectivity index (χ3v) is 4.00. The van der Waals surface area contributed by atoms with E-state index < -0.39 is 28.6 Å². The van der Waals surface area contributed by atoms with Crippen LogP contribution in [0.5, 0.6) is 0 Å². The first-order valence-electron chi connectivity index (χ1n) is 4.91. The zero-order valence-corrected chi connectivity index (χ0v) is 11.0. The van der Waals surface area contributed by atoms with Crippen molar-refractivity contribution in [1.82, 2.24) is 4.72 Å². The summed E-state index contributed by atoms with van der Waals surface area (Å²) in [6.07, 6.45) is -1.78. The van der Waals surface area contributed by atoms with Gasteiger partial charge in [-0.25, -0.2) is 17.9 Å². The molecular formula is C10H12ClNO5S. The predicted molar refractivity (Wildman–Crippen MR) is 65.0 cm³/mol. The molecule has 0 spiro atoms. The molecular weight excluding hydrogens is 282 g/mol. The highest BCUT2D eigenvalue weighted by atomic mass is 35.5. The van der Waals surface area contributed by atoms with Crippen LogP contribution < -0.4 is 4.72 Å². The van der Waals surface area contributed by atoms with Crippen LogP contribution in [0.2, 0.25) is 5.02 Å². The first kappa shape index (κ1) is 14.9. The smallest absolute Gasteiger partial charge is 0.333 e.